The first kappa shape index (κ1) is 48.7. The van der Waals surface area contributed by atoms with Gasteiger partial charge in [-0.25, -0.2) is 14.4 Å². The minimum Gasteiger partial charge on any atom is -0.422 e. The van der Waals surface area contributed by atoms with Crippen LogP contribution in [0.15, 0.2) is 260 Å². The van der Waals surface area contributed by atoms with Crippen LogP contribution >= 0.6 is 47.8 Å². The van der Waals surface area contributed by atoms with Crippen LogP contribution in [0.1, 0.15) is 0 Å². The number of nitrogens with zero attached hydrogens (tertiary/aromatic N) is 3. The number of hydrogen-bond donors (Lipinski definition) is 0. The van der Waals surface area contributed by atoms with Gasteiger partial charge in [-0.05, 0) is 205 Å². The molecule has 0 aliphatic carbocycles. The predicted molar refractivity (Wildman–Crippen MR) is 328 cm³/mol. The standard InChI is InChI=1S/C66H36Br3N3O6/c67-55-31-37-16-22-61(55)76-64(73)46-28-47-30-48(29-46)66(75)78-63-24-18-39(33-57(63)69)60-21-15-42(36-72-60)51-9-3-6-12-54(51)45-26-43(52-10-4-1-7-49(52)40-13-19-58(37)70-34-40)25-44(27-45)53-11-5-2-8-50(53)41-14-20-59(71-35-41)38-17-23-62(56(68)32-38)77-65(47)74/h1-36H. The van der Waals surface area contributed by atoms with E-state index in [1.165, 1.54) is 18.2 Å². The first-order valence-corrected chi connectivity index (χ1v) is 27.0. The molecule has 372 valence electrons. The van der Waals surface area contributed by atoms with E-state index in [1.807, 2.05) is 91.4 Å². The summed E-state index contributed by atoms with van der Waals surface area (Å²) in [5.74, 6) is 0. The maximum Gasteiger partial charge on any atom is 0.343 e. The Morgan fingerprint density at radius 3 is 0.744 bits per heavy atom. The summed E-state index contributed by atoms with van der Waals surface area (Å²) in [5.41, 5.74) is 0.119. The van der Waals surface area contributed by atoms with Crippen LogP contribution in [-0.4, -0.2) is 15.0 Å². The van der Waals surface area contributed by atoms with Crippen molar-refractivity contribution in [2.45, 2.75) is 0 Å². The van der Waals surface area contributed by atoms with Crippen LogP contribution in [0.2, 0.25) is 0 Å². The van der Waals surface area contributed by atoms with E-state index >= 15 is 0 Å². The Hall–Kier alpha value is -8.94. The third-order valence-corrected chi connectivity index (χ3v) is 15.7. The Labute approximate surface area is 466 Å². The van der Waals surface area contributed by atoms with Crippen LogP contribution in [-0.2, 0) is 0 Å². The number of hydrogen-bond acceptors (Lipinski definition) is 9. The third-order valence-electron chi connectivity index (χ3n) is 13.8. The average molecular weight is 1210 g/mol. The van der Waals surface area contributed by atoms with Crippen molar-refractivity contribution in [1.82, 2.24) is 15.0 Å². The van der Waals surface area contributed by atoms with Crippen molar-refractivity contribution >= 4 is 178 Å². The Kier molecular flexibility index (Phi) is 12.6. The number of rotatable bonds is 0. The van der Waals surface area contributed by atoms with Crippen molar-refractivity contribution in [2.24, 2.45) is 0 Å². The van der Waals surface area contributed by atoms with E-state index in [-0.39, 0.29) is 32.9 Å². The van der Waals surface area contributed by atoms with Crippen LogP contribution in [0.5, 0.6) is 0 Å². The van der Waals surface area contributed by atoms with E-state index in [1.54, 1.807) is 18.2 Å². The maximum absolute atomic E-state index is 14.2. The summed E-state index contributed by atoms with van der Waals surface area (Å²) in [6.45, 7) is 0. The van der Waals surface area contributed by atoms with Crippen LogP contribution in [0.4, 0.5) is 0 Å². The Morgan fingerprint density at radius 1 is 0.256 bits per heavy atom. The van der Waals surface area contributed by atoms with Crippen LogP contribution in [0, 0.1) is 0 Å². The lowest BCUT2D eigenvalue weighted by Gasteiger charge is -2.06. The van der Waals surface area contributed by atoms with Gasteiger partial charge in [0, 0.05) is 50.9 Å². The van der Waals surface area contributed by atoms with Gasteiger partial charge in [0.1, 0.15) is 16.7 Å². The molecule has 0 atom stereocenters. The summed E-state index contributed by atoms with van der Waals surface area (Å²) in [5, 5.41) is 13.8. The van der Waals surface area contributed by atoms with E-state index in [4.69, 9.17) is 28.2 Å². The van der Waals surface area contributed by atoms with Crippen molar-refractivity contribution in [1.29, 1.82) is 0 Å². The van der Waals surface area contributed by atoms with E-state index < -0.39 is 16.9 Å². The second kappa shape index (κ2) is 20.2. The molecule has 0 N–H and O–H groups in total. The molecule has 0 aliphatic heterocycles. The van der Waals surface area contributed by atoms with Gasteiger partial charge in [-0.2, -0.15) is 0 Å². The molecule has 0 radical (unpaired) electrons. The molecule has 18 bridgehead atoms. The summed E-state index contributed by atoms with van der Waals surface area (Å²) in [6, 6.07) is 63.8. The van der Waals surface area contributed by atoms with E-state index in [0.29, 0.717) is 30.0 Å². The molecule has 9 nitrogen and oxygen atoms in total. The number of pyridine rings is 3. The normalized spacial score (nSPS) is 11.4. The maximum atomic E-state index is 14.2. The molecule has 12 heteroatoms. The summed E-state index contributed by atoms with van der Waals surface area (Å²) in [6.07, 6.45) is 5.62. The van der Waals surface area contributed by atoms with Crippen molar-refractivity contribution in [3.63, 3.8) is 0 Å². The Balaban J connectivity index is 1.25. The zero-order chi connectivity index (χ0) is 53.0. The van der Waals surface area contributed by atoms with Gasteiger partial charge in [0.25, 0.3) is 0 Å². The fraction of sp³-hybridized carbons (Fsp3) is 0. The second-order valence-electron chi connectivity index (χ2n) is 18.6. The molecule has 24 heterocycles. The molecule has 0 saturated carbocycles. The van der Waals surface area contributed by atoms with Gasteiger partial charge in [-0.3, -0.25) is 15.0 Å². The largest absolute Gasteiger partial charge is 0.422 e. The molecular formula is C66H36Br3N3O6. The summed E-state index contributed by atoms with van der Waals surface area (Å²) < 4.78 is 19.3. The molecule has 24 aromatic heterocycles. The Bertz CT molecular complexity index is 4690. The highest BCUT2D eigenvalue weighted by molar-refractivity contribution is 9.11. The molecule has 32 aromatic rings. The second-order valence-corrected chi connectivity index (χ2v) is 21.2. The van der Waals surface area contributed by atoms with Crippen LogP contribution in [0.25, 0.3) is 130 Å². The quantitative estimate of drug-likeness (QED) is 0.146. The molecular weight excluding hydrogens is 1170 g/mol. The predicted octanol–water partition coefficient (Wildman–Crippen LogP) is 17.9. The molecule has 0 aliphatic rings. The highest BCUT2D eigenvalue weighted by atomic mass is 79.9. The van der Waals surface area contributed by atoms with Gasteiger partial charge in [0.15, 0.2) is 0 Å². The lowest BCUT2D eigenvalue weighted by Crippen LogP contribution is -2.03. The summed E-state index contributed by atoms with van der Waals surface area (Å²) >= 11 is 10.9. The molecule has 0 unspecified atom stereocenters. The third kappa shape index (κ3) is 9.33. The number of halogens is 3. The lowest BCUT2D eigenvalue weighted by atomic mass is 9.98. The molecule has 8 aromatic carbocycles. The smallest absolute Gasteiger partial charge is 0.343 e. The van der Waals surface area contributed by atoms with Gasteiger partial charge in [-0.1, -0.05) is 91.0 Å². The Morgan fingerprint density at radius 2 is 0.500 bits per heavy atom. The van der Waals surface area contributed by atoms with Gasteiger partial charge < -0.3 is 13.3 Å². The average Bonchev–Trinajstić information content (AvgIpc) is 3.48. The van der Waals surface area contributed by atoms with Gasteiger partial charge >= 0.3 is 16.9 Å². The van der Waals surface area contributed by atoms with Crippen LogP contribution < -0.4 is 16.9 Å². The van der Waals surface area contributed by atoms with E-state index in [2.05, 4.69) is 139 Å². The minimum absolute atomic E-state index is 0.106. The van der Waals surface area contributed by atoms with E-state index in [0.717, 1.165) is 80.8 Å². The first-order chi connectivity index (χ1) is 38.1. The van der Waals surface area contributed by atoms with Crippen molar-refractivity contribution in [2.75, 3.05) is 0 Å². The molecule has 78 heavy (non-hydrogen) atoms. The lowest BCUT2D eigenvalue weighted by molar-refractivity contribution is 0.563. The van der Waals surface area contributed by atoms with Crippen molar-refractivity contribution in [3.05, 3.63) is 263 Å². The zero-order valence-corrected chi connectivity index (χ0v) is 45.5. The molecule has 0 saturated heterocycles. The number of aromatic nitrogens is 3. The van der Waals surface area contributed by atoms with Gasteiger partial charge in [0.2, 0.25) is 0 Å². The fourth-order valence-corrected chi connectivity index (χ4v) is 11.3. The van der Waals surface area contributed by atoms with Gasteiger partial charge in [0.05, 0.1) is 46.1 Å². The summed E-state index contributed by atoms with van der Waals surface area (Å²) in [4.78, 5) is 57.4. The van der Waals surface area contributed by atoms with Crippen LogP contribution in [0.3, 0.4) is 0 Å². The highest BCUT2D eigenvalue weighted by Gasteiger charge is 2.09. The zero-order valence-electron chi connectivity index (χ0n) is 40.7. The minimum atomic E-state index is -0.842. The van der Waals surface area contributed by atoms with Crippen molar-refractivity contribution < 1.29 is 13.3 Å². The fourth-order valence-electron chi connectivity index (χ4n) is 9.91. The van der Waals surface area contributed by atoms with Gasteiger partial charge in [-0.15, -0.1) is 0 Å². The molecule has 0 amide bonds. The molecule has 0 spiro atoms. The first-order valence-electron chi connectivity index (χ1n) is 24.6. The SMILES string of the molecule is O=c1oc2ccc(cc2Br)c2ccc(cn2)c2ccccc2c2cc3cc(c2)c2ccccc2c2ccc(nc2)c2ccc(oc(=O)c4cc1cc(c4)c(=O)oc1ccc(cc1Br)c1ccc(cn1)c1ccccc31)c(Br)c2. The molecule has 0 fully saturated rings. The highest BCUT2D eigenvalue weighted by Crippen LogP contribution is 2.33. The number of benzene rings is 8. The van der Waals surface area contributed by atoms with Crippen molar-refractivity contribution in [3.8, 4) is 0 Å². The topological polar surface area (TPSA) is 129 Å². The molecule has 32 rings (SSSR count). The van der Waals surface area contributed by atoms with E-state index in [9.17, 15) is 14.4 Å². The monoisotopic (exact) mass is 1200 g/mol. The summed E-state index contributed by atoms with van der Waals surface area (Å²) in [7, 11) is 0.